The molecule has 124 valence electrons. The van der Waals surface area contributed by atoms with Gasteiger partial charge in [0.1, 0.15) is 6.04 Å². The Labute approximate surface area is 142 Å². The van der Waals surface area contributed by atoms with Crippen molar-refractivity contribution in [2.75, 3.05) is 0 Å². The SMILES string of the molecule is CC(C)(C)c1ccc(CN2C(=O)NC(c3ccccc3)C2=O)cc1. The molecule has 4 heteroatoms. The zero-order valence-electron chi connectivity index (χ0n) is 14.2. The average molecular weight is 322 g/mol. The van der Waals surface area contributed by atoms with Gasteiger partial charge in [-0.05, 0) is 22.1 Å². The zero-order chi connectivity index (χ0) is 17.3. The first-order valence-corrected chi connectivity index (χ1v) is 8.12. The maximum absolute atomic E-state index is 12.6. The highest BCUT2D eigenvalue weighted by Crippen LogP contribution is 2.25. The maximum atomic E-state index is 12.6. The number of carbonyl (C=O) groups excluding carboxylic acids is 2. The van der Waals surface area contributed by atoms with Crippen molar-refractivity contribution in [3.8, 4) is 0 Å². The van der Waals surface area contributed by atoms with Gasteiger partial charge < -0.3 is 5.32 Å². The fourth-order valence-electron chi connectivity index (χ4n) is 2.83. The Morgan fingerprint density at radius 1 is 0.958 bits per heavy atom. The molecular weight excluding hydrogens is 300 g/mol. The first kappa shape index (κ1) is 16.2. The molecule has 0 aromatic heterocycles. The number of hydrogen-bond donors (Lipinski definition) is 1. The molecule has 1 aliphatic rings. The van der Waals surface area contributed by atoms with Gasteiger partial charge in [-0.1, -0.05) is 75.4 Å². The summed E-state index contributed by atoms with van der Waals surface area (Å²) >= 11 is 0. The number of carbonyl (C=O) groups is 2. The highest BCUT2D eigenvalue weighted by atomic mass is 16.2. The average Bonchev–Trinajstić information content (AvgIpc) is 2.83. The van der Waals surface area contributed by atoms with Crippen molar-refractivity contribution >= 4 is 11.9 Å². The predicted octanol–water partition coefficient (Wildman–Crippen LogP) is 3.78. The predicted molar refractivity (Wildman–Crippen MR) is 93.4 cm³/mol. The lowest BCUT2D eigenvalue weighted by Crippen LogP contribution is -2.30. The molecule has 3 rings (SSSR count). The van der Waals surface area contributed by atoms with E-state index in [9.17, 15) is 9.59 Å². The summed E-state index contributed by atoms with van der Waals surface area (Å²) in [5.41, 5.74) is 3.06. The van der Waals surface area contributed by atoms with Crippen LogP contribution in [0, 0.1) is 0 Å². The topological polar surface area (TPSA) is 49.4 Å². The van der Waals surface area contributed by atoms with Crippen LogP contribution in [0.5, 0.6) is 0 Å². The Kier molecular flexibility index (Phi) is 4.14. The van der Waals surface area contributed by atoms with E-state index in [2.05, 4.69) is 38.2 Å². The first-order chi connectivity index (χ1) is 11.4. The minimum atomic E-state index is -0.590. The van der Waals surface area contributed by atoms with Crippen LogP contribution in [0.4, 0.5) is 4.79 Å². The van der Waals surface area contributed by atoms with E-state index in [0.717, 1.165) is 11.1 Å². The minimum Gasteiger partial charge on any atom is -0.322 e. The van der Waals surface area contributed by atoms with Crippen LogP contribution in [0.3, 0.4) is 0 Å². The van der Waals surface area contributed by atoms with Gasteiger partial charge in [0, 0.05) is 0 Å². The number of hydrogen-bond acceptors (Lipinski definition) is 2. The molecule has 0 aliphatic carbocycles. The van der Waals surface area contributed by atoms with Gasteiger partial charge in [-0.25, -0.2) is 4.79 Å². The maximum Gasteiger partial charge on any atom is 0.325 e. The van der Waals surface area contributed by atoms with E-state index in [0.29, 0.717) is 6.54 Å². The van der Waals surface area contributed by atoms with Crippen molar-refractivity contribution in [2.45, 2.75) is 38.8 Å². The highest BCUT2D eigenvalue weighted by molar-refractivity contribution is 6.04. The van der Waals surface area contributed by atoms with Gasteiger partial charge in [0.25, 0.3) is 5.91 Å². The summed E-state index contributed by atoms with van der Waals surface area (Å²) in [6.45, 7) is 6.76. The summed E-state index contributed by atoms with van der Waals surface area (Å²) in [4.78, 5) is 26.1. The Hall–Kier alpha value is -2.62. The normalized spacial score (nSPS) is 18.0. The number of nitrogens with one attached hydrogen (secondary N) is 1. The van der Waals surface area contributed by atoms with Gasteiger partial charge in [0.2, 0.25) is 0 Å². The van der Waals surface area contributed by atoms with Crippen LogP contribution in [0.15, 0.2) is 54.6 Å². The van der Waals surface area contributed by atoms with Gasteiger partial charge in [-0.2, -0.15) is 0 Å². The third kappa shape index (κ3) is 3.18. The molecule has 1 unspecified atom stereocenters. The van der Waals surface area contributed by atoms with E-state index in [4.69, 9.17) is 0 Å². The number of benzene rings is 2. The Morgan fingerprint density at radius 3 is 2.17 bits per heavy atom. The van der Waals surface area contributed by atoms with Crippen LogP contribution < -0.4 is 5.32 Å². The molecule has 1 heterocycles. The Bertz CT molecular complexity index is 745. The summed E-state index contributed by atoms with van der Waals surface area (Å²) in [5, 5.41) is 2.76. The van der Waals surface area contributed by atoms with E-state index in [1.165, 1.54) is 10.5 Å². The Balaban J connectivity index is 1.76. The van der Waals surface area contributed by atoms with Crippen LogP contribution in [0.2, 0.25) is 0 Å². The number of imide groups is 1. The lowest BCUT2D eigenvalue weighted by Gasteiger charge is -2.20. The first-order valence-electron chi connectivity index (χ1n) is 8.12. The van der Waals surface area contributed by atoms with Gasteiger partial charge in [-0.15, -0.1) is 0 Å². The lowest BCUT2D eigenvalue weighted by atomic mass is 9.87. The molecule has 4 nitrogen and oxygen atoms in total. The molecular formula is C20H22N2O2. The van der Waals surface area contributed by atoms with Gasteiger partial charge >= 0.3 is 6.03 Å². The van der Waals surface area contributed by atoms with Crippen LogP contribution in [-0.2, 0) is 16.8 Å². The smallest absolute Gasteiger partial charge is 0.322 e. The van der Waals surface area contributed by atoms with Gasteiger partial charge in [0.05, 0.1) is 6.54 Å². The van der Waals surface area contributed by atoms with E-state index in [-0.39, 0.29) is 17.4 Å². The highest BCUT2D eigenvalue weighted by Gasteiger charge is 2.38. The van der Waals surface area contributed by atoms with Gasteiger partial charge in [0.15, 0.2) is 0 Å². The van der Waals surface area contributed by atoms with Crippen LogP contribution in [0.25, 0.3) is 0 Å². The monoisotopic (exact) mass is 322 g/mol. The molecule has 3 amide bonds. The van der Waals surface area contributed by atoms with E-state index < -0.39 is 6.04 Å². The van der Waals surface area contributed by atoms with Gasteiger partial charge in [-0.3, -0.25) is 9.69 Å². The molecule has 2 aromatic carbocycles. The van der Waals surface area contributed by atoms with Crippen molar-refractivity contribution in [3.05, 3.63) is 71.3 Å². The molecule has 1 aliphatic heterocycles. The zero-order valence-corrected chi connectivity index (χ0v) is 14.2. The molecule has 1 N–H and O–H groups in total. The van der Waals surface area contributed by atoms with Crippen LogP contribution in [-0.4, -0.2) is 16.8 Å². The van der Waals surface area contributed by atoms with Crippen LogP contribution in [0.1, 0.15) is 43.5 Å². The van der Waals surface area contributed by atoms with E-state index in [1.54, 1.807) is 0 Å². The molecule has 1 atom stereocenters. The second-order valence-electron chi connectivity index (χ2n) is 7.16. The number of rotatable bonds is 3. The molecule has 24 heavy (non-hydrogen) atoms. The second-order valence-corrected chi connectivity index (χ2v) is 7.16. The summed E-state index contributed by atoms with van der Waals surface area (Å²) in [6, 6.07) is 16.5. The third-order valence-electron chi connectivity index (χ3n) is 4.32. The largest absolute Gasteiger partial charge is 0.325 e. The number of urea groups is 1. The van der Waals surface area contributed by atoms with Crippen molar-refractivity contribution in [3.63, 3.8) is 0 Å². The molecule has 0 bridgehead atoms. The quantitative estimate of drug-likeness (QED) is 0.874. The lowest BCUT2D eigenvalue weighted by molar-refractivity contribution is -0.128. The summed E-state index contributed by atoms with van der Waals surface area (Å²) in [6.07, 6.45) is 0. The number of amides is 3. The Morgan fingerprint density at radius 2 is 1.58 bits per heavy atom. The summed E-state index contributed by atoms with van der Waals surface area (Å²) in [7, 11) is 0. The molecule has 1 fully saturated rings. The second kappa shape index (κ2) is 6.11. The number of nitrogens with zero attached hydrogens (tertiary/aromatic N) is 1. The van der Waals surface area contributed by atoms with Crippen molar-refractivity contribution in [1.82, 2.24) is 10.2 Å². The summed E-state index contributed by atoms with van der Waals surface area (Å²) in [5.74, 6) is -0.203. The fourth-order valence-corrected chi connectivity index (χ4v) is 2.83. The van der Waals surface area contributed by atoms with Crippen LogP contribution >= 0.6 is 0 Å². The van der Waals surface area contributed by atoms with Crippen molar-refractivity contribution in [2.24, 2.45) is 0 Å². The summed E-state index contributed by atoms with van der Waals surface area (Å²) < 4.78 is 0. The van der Waals surface area contributed by atoms with Crippen molar-refractivity contribution < 1.29 is 9.59 Å². The third-order valence-corrected chi connectivity index (χ3v) is 4.32. The standard InChI is InChI=1S/C20H22N2O2/c1-20(2,3)16-11-9-14(10-12-16)13-22-18(23)17(21-19(22)24)15-7-5-4-6-8-15/h4-12,17H,13H2,1-3H3,(H,21,24). The van der Waals surface area contributed by atoms with E-state index >= 15 is 0 Å². The molecule has 0 radical (unpaired) electrons. The fraction of sp³-hybridized carbons (Fsp3) is 0.300. The molecule has 0 spiro atoms. The van der Waals surface area contributed by atoms with E-state index in [1.807, 2.05) is 42.5 Å². The molecule has 1 saturated heterocycles. The van der Waals surface area contributed by atoms with Crippen molar-refractivity contribution in [1.29, 1.82) is 0 Å². The minimum absolute atomic E-state index is 0.0811. The molecule has 0 saturated carbocycles. The molecule has 2 aromatic rings.